The van der Waals surface area contributed by atoms with Gasteiger partial charge in [-0.05, 0) is 52.9 Å². The molecule has 2 aliphatic rings. The van der Waals surface area contributed by atoms with Gasteiger partial charge in [-0.3, -0.25) is 19.4 Å². The molecule has 6 atom stereocenters. The molecule has 0 spiro atoms. The third kappa shape index (κ3) is 9.32. The average molecular weight is 768 g/mol. The highest BCUT2D eigenvalue weighted by molar-refractivity contribution is 6.06. The number of nitrogens with one attached hydrogen (secondary N) is 1. The Bertz CT molecular complexity index is 2130. The maximum absolute atomic E-state index is 13.4. The van der Waals surface area contributed by atoms with Crippen LogP contribution in [0, 0.1) is 5.92 Å². The molecule has 294 valence electrons. The highest BCUT2D eigenvalue weighted by Gasteiger charge is 2.41. The number of imide groups is 1. The summed E-state index contributed by atoms with van der Waals surface area (Å²) in [5, 5.41) is 12.2. The lowest BCUT2D eigenvalue weighted by Crippen LogP contribution is -2.44. The maximum Gasteiger partial charge on any atom is 0.408 e. The van der Waals surface area contributed by atoms with Crippen molar-refractivity contribution in [3.05, 3.63) is 167 Å². The fourth-order valence-electron chi connectivity index (χ4n) is 7.56. The van der Waals surface area contributed by atoms with E-state index in [-0.39, 0.29) is 56.3 Å². The fraction of sp³-hybridized carbons (Fsp3) is 0.298. The molecule has 5 aromatic carbocycles. The number of hydrogen-bond acceptors (Lipinski definition) is 8. The summed E-state index contributed by atoms with van der Waals surface area (Å²) in [6.07, 6.45) is -1.92. The van der Waals surface area contributed by atoms with Crippen molar-refractivity contribution in [2.45, 2.75) is 70.6 Å². The molecule has 6 unspecified atom stereocenters. The molecule has 2 aliphatic heterocycles. The third-order valence-electron chi connectivity index (χ3n) is 11.1. The van der Waals surface area contributed by atoms with Crippen LogP contribution in [0.25, 0.3) is 11.1 Å². The Morgan fingerprint density at radius 2 is 1.49 bits per heavy atom. The zero-order valence-electron chi connectivity index (χ0n) is 32.5. The molecule has 10 heteroatoms. The van der Waals surface area contributed by atoms with E-state index in [1.165, 1.54) is 10.5 Å². The van der Waals surface area contributed by atoms with E-state index in [0.29, 0.717) is 6.54 Å². The molecule has 2 saturated heterocycles. The van der Waals surface area contributed by atoms with E-state index in [4.69, 9.17) is 14.2 Å². The van der Waals surface area contributed by atoms with E-state index in [2.05, 4.69) is 55.4 Å². The first-order valence-electron chi connectivity index (χ1n) is 19.4. The number of likely N-dealkylation sites (N-methyl/N-ethyl adjacent to an activating group) is 1. The van der Waals surface area contributed by atoms with Gasteiger partial charge >= 0.3 is 6.09 Å². The number of benzene rings is 5. The van der Waals surface area contributed by atoms with Gasteiger partial charge in [-0.25, -0.2) is 4.79 Å². The van der Waals surface area contributed by atoms with Crippen molar-refractivity contribution in [2.75, 3.05) is 13.6 Å². The molecule has 2 fully saturated rings. The minimum atomic E-state index is -0.993. The van der Waals surface area contributed by atoms with Crippen LogP contribution < -0.4 is 5.32 Å². The molecule has 10 nitrogen and oxygen atoms in total. The van der Waals surface area contributed by atoms with E-state index in [1.54, 1.807) is 0 Å². The summed E-state index contributed by atoms with van der Waals surface area (Å²) in [4.78, 5) is 42.5. The van der Waals surface area contributed by atoms with Gasteiger partial charge < -0.3 is 24.6 Å². The first kappa shape index (κ1) is 39.6. The number of rotatable bonds is 13. The smallest absolute Gasteiger partial charge is 0.408 e. The number of hydrogen-bond donors (Lipinski definition) is 2. The lowest BCUT2D eigenvalue weighted by atomic mass is 9.89. The van der Waals surface area contributed by atoms with Gasteiger partial charge in [-0.15, -0.1) is 0 Å². The molecule has 3 amide bonds. The second-order valence-corrected chi connectivity index (χ2v) is 14.9. The zero-order valence-corrected chi connectivity index (χ0v) is 32.5. The van der Waals surface area contributed by atoms with Crippen LogP contribution in [0.2, 0.25) is 0 Å². The second-order valence-electron chi connectivity index (χ2n) is 14.9. The Balaban J connectivity index is 1.06. The van der Waals surface area contributed by atoms with Gasteiger partial charge in [0.25, 0.3) is 5.91 Å². The summed E-state index contributed by atoms with van der Waals surface area (Å²) in [6.45, 7) is 5.15. The van der Waals surface area contributed by atoms with Gasteiger partial charge in [0.15, 0.2) is 6.29 Å². The Hall–Kier alpha value is -5.65. The third-order valence-corrected chi connectivity index (χ3v) is 11.1. The molecule has 5 aromatic rings. The molecule has 57 heavy (non-hydrogen) atoms. The van der Waals surface area contributed by atoms with Crippen molar-refractivity contribution < 1.29 is 33.7 Å². The number of aliphatic hydroxyl groups excluding tert-OH is 1. The predicted octanol–water partition coefficient (Wildman–Crippen LogP) is 7.88. The maximum atomic E-state index is 13.4. The number of carbonyl (C=O) groups excluding carboxylic acids is 3. The van der Waals surface area contributed by atoms with Crippen molar-refractivity contribution in [1.82, 2.24) is 15.1 Å². The molecule has 0 saturated carbocycles. The fourth-order valence-corrected chi connectivity index (χ4v) is 7.56. The van der Waals surface area contributed by atoms with E-state index in [1.807, 2.05) is 109 Å². The SMILES string of the molecule is CC1C(CN(C)C(C)c2ccccc2)OC(c2ccc(-c3ccccc3CN3C(=O)CC(NC(=O)OCc4ccccc4)C3=O)cc2)OC1c1ccc(CO)cc1. The molecule has 2 heterocycles. The van der Waals surface area contributed by atoms with Crippen molar-refractivity contribution in [3.63, 3.8) is 0 Å². The Labute approximate surface area is 334 Å². The molecule has 0 aromatic heterocycles. The van der Waals surface area contributed by atoms with E-state index in [0.717, 1.165) is 38.9 Å². The molecule has 0 bridgehead atoms. The largest absolute Gasteiger partial charge is 0.445 e. The van der Waals surface area contributed by atoms with Gasteiger partial charge in [0.05, 0.1) is 31.8 Å². The van der Waals surface area contributed by atoms with Gasteiger partial charge in [-0.1, -0.05) is 140 Å². The van der Waals surface area contributed by atoms with Crippen LogP contribution in [-0.4, -0.2) is 58.6 Å². The molecule has 2 N–H and O–H groups in total. The minimum absolute atomic E-state index is 0.0260. The van der Waals surface area contributed by atoms with Crippen LogP contribution in [0.15, 0.2) is 133 Å². The number of amides is 3. The normalized spacial score (nSPS) is 21.4. The van der Waals surface area contributed by atoms with Crippen LogP contribution in [0.5, 0.6) is 0 Å². The first-order valence-corrected chi connectivity index (χ1v) is 19.4. The summed E-state index contributed by atoms with van der Waals surface area (Å²) < 4.78 is 18.8. The number of carbonyl (C=O) groups is 3. The van der Waals surface area contributed by atoms with Crippen molar-refractivity contribution >= 4 is 17.9 Å². The van der Waals surface area contributed by atoms with Gasteiger partial charge in [0.1, 0.15) is 12.6 Å². The molecule has 7 rings (SSSR count). The zero-order chi connectivity index (χ0) is 39.9. The van der Waals surface area contributed by atoms with Crippen molar-refractivity contribution in [1.29, 1.82) is 0 Å². The Morgan fingerprint density at radius 3 is 2.19 bits per heavy atom. The number of ether oxygens (including phenoxy) is 3. The van der Waals surface area contributed by atoms with E-state index < -0.39 is 24.3 Å². The van der Waals surface area contributed by atoms with E-state index in [9.17, 15) is 19.5 Å². The number of nitrogens with zero attached hydrogens (tertiary/aromatic N) is 2. The molecule has 0 radical (unpaired) electrons. The number of alkyl carbamates (subject to hydrolysis) is 1. The topological polar surface area (TPSA) is 118 Å². The van der Waals surface area contributed by atoms with Crippen molar-refractivity contribution in [3.8, 4) is 11.1 Å². The van der Waals surface area contributed by atoms with Crippen LogP contribution in [0.4, 0.5) is 4.79 Å². The lowest BCUT2D eigenvalue weighted by molar-refractivity contribution is -0.276. The summed E-state index contributed by atoms with van der Waals surface area (Å²) in [6, 6.07) is 42.4. The Kier molecular flexibility index (Phi) is 12.6. The van der Waals surface area contributed by atoms with Crippen LogP contribution in [0.1, 0.15) is 72.1 Å². The van der Waals surface area contributed by atoms with Crippen molar-refractivity contribution in [2.24, 2.45) is 5.92 Å². The second kappa shape index (κ2) is 18.1. The molecular weight excluding hydrogens is 719 g/mol. The number of likely N-dealkylation sites (tertiary alicyclic amines) is 1. The average Bonchev–Trinajstić information content (AvgIpc) is 3.51. The summed E-state index contributed by atoms with van der Waals surface area (Å²) in [7, 11) is 2.12. The van der Waals surface area contributed by atoms with Gasteiger partial charge in [-0.2, -0.15) is 0 Å². The van der Waals surface area contributed by atoms with Crippen LogP contribution >= 0.6 is 0 Å². The Morgan fingerprint density at radius 1 is 0.842 bits per heavy atom. The quantitative estimate of drug-likeness (QED) is 0.116. The number of aliphatic hydroxyl groups is 1. The molecule has 0 aliphatic carbocycles. The van der Waals surface area contributed by atoms with Crippen LogP contribution in [-0.2, 0) is 43.6 Å². The van der Waals surface area contributed by atoms with Gasteiger partial charge in [0.2, 0.25) is 5.91 Å². The van der Waals surface area contributed by atoms with E-state index >= 15 is 0 Å². The standard InChI is InChI=1S/C47H49N3O7/c1-31-42(28-49(3)32(2)35-14-8-5-9-15-35)56-46(57-44(31)37-20-18-33(29-51)19-21-37)38-24-22-36(23-25-38)40-17-11-10-16-39(40)27-50-43(52)26-41(45(50)53)48-47(54)55-30-34-12-6-4-7-13-34/h4-25,31-32,41-42,44,46,51H,26-30H2,1-3H3,(H,48,54). The summed E-state index contributed by atoms with van der Waals surface area (Å²) >= 11 is 0. The highest BCUT2D eigenvalue weighted by Crippen LogP contribution is 2.42. The van der Waals surface area contributed by atoms with Gasteiger partial charge in [0, 0.05) is 24.1 Å². The minimum Gasteiger partial charge on any atom is -0.445 e. The lowest BCUT2D eigenvalue weighted by Gasteiger charge is -2.43. The van der Waals surface area contributed by atoms with Crippen LogP contribution in [0.3, 0.4) is 0 Å². The summed E-state index contributed by atoms with van der Waals surface area (Å²) in [5.41, 5.74) is 7.35. The first-order chi connectivity index (χ1) is 27.7. The molecular formula is C47H49N3O7. The predicted molar refractivity (Wildman–Crippen MR) is 216 cm³/mol. The highest BCUT2D eigenvalue weighted by atomic mass is 16.7. The monoisotopic (exact) mass is 767 g/mol. The summed E-state index contributed by atoms with van der Waals surface area (Å²) in [5.74, 6) is -0.802.